The first-order chi connectivity index (χ1) is 8.74. The summed E-state index contributed by atoms with van der Waals surface area (Å²) in [5.74, 6) is 1.11. The highest BCUT2D eigenvalue weighted by Gasteiger charge is 2.19. The molecule has 0 bridgehead atoms. The average molecular weight is 243 g/mol. The van der Waals surface area contributed by atoms with E-state index in [0.29, 0.717) is 6.42 Å². The van der Waals surface area contributed by atoms with Crippen molar-refractivity contribution < 1.29 is 4.79 Å². The number of fused-ring (bicyclic) bond motifs is 1. The Balaban J connectivity index is 2.18. The molecule has 4 heteroatoms. The van der Waals surface area contributed by atoms with E-state index < -0.39 is 0 Å². The Bertz CT molecular complexity index is 518. The van der Waals surface area contributed by atoms with Gasteiger partial charge in [0.2, 0.25) is 0 Å². The van der Waals surface area contributed by atoms with Gasteiger partial charge < -0.3 is 5.32 Å². The number of anilines is 1. The first-order valence-corrected chi connectivity index (χ1v) is 6.15. The maximum atomic E-state index is 11.5. The molecule has 0 spiro atoms. The van der Waals surface area contributed by atoms with E-state index in [2.05, 4.69) is 15.3 Å². The second-order valence-electron chi connectivity index (χ2n) is 4.22. The SMILES string of the molecule is CCC(=NC=NC)Nc1ccc2c(c1)CCC2=O. The maximum absolute atomic E-state index is 11.5. The average Bonchev–Trinajstić information content (AvgIpc) is 2.76. The van der Waals surface area contributed by atoms with Gasteiger partial charge in [-0.3, -0.25) is 9.79 Å². The van der Waals surface area contributed by atoms with Gasteiger partial charge in [0, 0.05) is 31.1 Å². The fraction of sp³-hybridized carbons (Fsp3) is 0.357. The summed E-state index contributed by atoms with van der Waals surface area (Å²) in [6.45, 7) is 2.03. The molecule has 1 aromatic rings. The molecule has 0 amide bonds. The third-order valence-corrected chi connectivity index (χ3v) is 2.98. The Morgan fingerprint density at radius 1 is 1.44 bits per heavy atom. The van der Waals surface area contributed by atoms with E-state index in [1.165, 1.54) is 6.34 Å². The van der Waals surface area contributed by atoms with Gasteiger partial charge in [0.25, 0.3) is 0 Å². The van der Waals surface area contributed by atoms with Gasteiger partial charge in [0.05, 0.1) is 0 Å². The third kappa shape index (κ3) is 2.64. The lowest BCUT2D eigenvalue weighted by atomic mass is 10.1. The lowest BCUT2D eigenvalue weighted by Crippen LogP contribution is -2.11. The molecule has 0 fully saturated rings. The van der Waals surface area contributed by atoms with Crippen molar-refractivity contribution in [1.82, 2.24) is 0 Å². The second-order valence-corrected chi connectivity index (χ2v) is 4.22. The van der Waals surface area contributed by atoms with Crippen LogP contribution in [0, 0.1) is 0 Å². The molecule has 4 nitrogen and oxygen atoms in total. The summed E-state index contributed by atoms with van der Waals surface area (Å²) in [5, 5.41) is 3.26. The van der Waals surface area contributed by atoms with Crippen molar-refractivity contribution in [3.63, 3.8) is 0 Å². The fourth-order valence-electron chi connectivity index (χ4n) is 2.04. The van der Waals surface area contributed by atoms with Gasteiger partial charge in [0.1, 0.15) is 12.2 Å². The van der Waals surface area contributed by atoms with Crippen LogP contribution < -0.4 is 5.32 Å². The van der Waals surface area contributed by atoms with E-state index in [1.807, 2.05) is 25.1 Å². The van der Waals surface area contributed by atoms with Crippen molar-refractivity contribution in [2.24, 2.45) is 9.98 Å². The van der Waals surface area contributed by atoms with Crippen molar-refractivity contribution in [2.75, 3.05) is 12.4 Å². The summed E-state index contributed by atoms with van der Waals surface area (Å²) in [7, 11) is 1.69. The number of aryl methyl sites for hydroxylation is 1. The number of amidine groups is 1. The number of hydrogen-bond donors (Lipinski definition) is 1. The molecule has 2 rings (SSSR count). The van der Waals surface area contributed by atoms with E-state index in [0.717, 1.165) is 35.5 Å². The topological polar surface area (TPSA) is 53.8 Å². The minimum Gasteiger partial charge on any atom is -0.344 e. The zero-order chi connectivity index (χ0) is 13.0. The Hall–Kier alpha value is -1.97. The van der Waals surface area contributed by atoms with Gasteiger partial charge in [-0.15, -0.1) is 0 Å². The summed E-state index contributed by atoms with van der Waals surface area (Å²) in [6, 6.07) is 5.86. The lowest BCUT2D eigenvalue weighted by Gasteiger charge is -2.08. The van der Waals surface area contributed by atoms with Crippen molar-refractivity contribution in [1.29, 1.82) is 0 Å². The van der Waals surface area contributed by atoms with Crippen molar-refractivity contribution >= 4 is 23.6 Å². The molecule has 0 heterocycles. The van der Waals surface area contributed by atoms with Gasteiger partial charge in [-0.25, -0.2) is 4.99 Å². The van der Waals surface area contributed by atoms with Crippen LogP contribution >= 0.6 is 0 Å². The molecule has 0 atom stereocenters. The van der Waals surface area contributed by atoms with Crippen LogP contribution in [0.25, 0.3) is 0 Å². The predicted octanol–water partition coefficient (Wildman–Crippen LogP) is 2.69. The van der Waals surface area contributed by atoms with Crippen LogP contribution in [0.5, 0.6) is 0 Å². The highest BCUT2D eigenvalue weighted by molar-refractivity contribution is 6.02. The minimum atomic E-state index is 0.249. The maximum Gasteiger partial charge on any atom is 0.163 e. The van der Waals surface area contributed by atoms with Gasteiger partial charge in [-0.1, -0.05) is 6.92 Å². The largest absolute Gasteiger partial charge is 0.344 e. The molecule has 1 aliphatic rings. The smallest absolute Gasteiger partial charge is 0.163 e. The molecule has 0 aromatic heterocycles. The van der Waals surface area contributed by atoms with Crippen molar-refractivity contribution in [3.8, 4) is 0 Å². The number of carbonyl (C=O) groups excluding carboxylic acids is 1. The van der Waals surface area contributed by atoms with Gasteiger partial charge in [-0.2, -0.15) is 0 Å². The number of ketones is 1. The van der Waals surface area contributed by atoms with Crippen LogP contribution in [0.1, 0.15) is 35.7 Å². The number of aliphatic imine (C=N–C) groups is 2. The molecule has 18 heavy (non-hydrogen) atoms. The van der Waals surface area contributed by atoms with E-state index in [1.54, 1.807) is 7.05 Å². The molecule has 0 unspecified atom stereocenters. The van der Waals surface area contributed by atoms with E-state index in [9.17, 15) is 4.79 Å². The summed E-state index contributed by atoms with van der Waals surface area (Å²) < 4.78 is 0. The number of nitrogens with zero attached hydrogens (tertiary/aromatic N) is 2. The highest BCUT2D eigenvalue weighted by Crippen LogP contribution is 2.25. The van der Waals surface area contributed by atoms with Crippen LogP contribution in [-0.4, -0.2) is 25.0 Å². The number of benzene rings is 1. The molecular weight excluding hydrogens is 226 g/mol. The first-order valence-electron chi connectivity index (χ1n) is 6.15. The monoisotopic (exact) mass is 243 g/mol. The van der Waals surface area contributed by atoms with Crippen LogP contribution in [0.4, 0.5) is 5.69 Å². The summed E-state index contributed by atoms with van der Waals surface area (Å²) >= 11 is 0. The van der Waals surface area contributed by atoms with Crippen LogP contribution in [0.3, 0.4) is 0 Å². The second kappa shape index (κ2) is 5.58. The Morgan fingerprint density at radius 2 is 2.28 bits per heavy atom. The molecule has 0 aliphatic heterocycles. The lowest BCUT2D eigenvalue weighted by molar-refractivity contribution is 0.0994. The van der Waals surface area contributed by atoms with Crippen molar-refractivity contribution in [3.05, 3.63) is 29.3 Å². The van der Waals surface area contributed by atoms with Gasteiger partial charge >= 0.3 is 0 Å². The zero-order valence-electron chi connectivity index (χ0n) is 10.7. The summed E-state index contributed by atoms with van der Waals surface area (Å²) in [5.41, 5.74) is 2.98. The number of nitrogens with one attached hydrogen (secondary N) is 1. The predicted molar refractivity (Wildman–Crippen MR) is 74.9 cm³/mol. The molecule has 0 radical (unpaired) electrons. The molecule has 1 aromatic carbocycles. The number of Topliss-reactive ketones (excluding diaryl/α,β-unsaturated/α-hetero) is 1. The normalized spacial score (nSPS) is 15.2. The van der Waals surface area contributed by atoms with E-state index >= 15 is 0 Å². The molecule has 1 N–H and O–H groups in total. The summed E-state index contributed by atoms with van der Waals surface area (Å²) in [6.07, 6.45) is 3.82. The fourth-order valence-corrected chi connectivity index (χ4v) is 2.04. The highest BCUT2D eigenvalue weighted by atomic mass is 16.1. The first kappa shape index (κ1) is 12.5. The Labute approximate surface area is 107 Å². The van der Waals surface area contributed by atoms with Crippen molar-refractivity contribution in [2.45, 2.75) is 26.2 Å². The van der Waals surface area contributed by atoms with E-state index in [-0.39, 0.29) is 5.78 Å². The third-order valence-electron chi connectivity index (χ3n) is 2.98. The molecule has 94 valence electrons. The number of hydrogen-bond acceptors (Lipinski definition) is 2. The molecular formula is C14H17N3O. The minimum absolute atomic E-state index is 0.249. The summed E-state index contributed by atoms with van der Waals surface area (Å²) in [4.78, 5) is 19.6. The standard InChI is InChI=1S/C14H17N3O/c1-3-14(16-9-15-2)17-11-5-6-12-10(8-11)4-7-13(12)18/h5-6,8-9H,3-4,7H2,1-2H3,(H,15,16,17). The van der Waals surface area contributed by atoms with E-state index in [4.69, 9.17) is 0 Å². The van der Waals surface area contributed by atoms with Crippen LogP contribution in [0.15, 0.2) is 28.2 Å². The Kier molecular flexibility index (Phi) is 3.87. The molecule has 0 saturated heterocycles. The number of rotatable bonds is 3. The quantitative estimate of drug-likeness (QED) is 0.655. The zero-order valence-corrected chi connectivity index (χ0v) is 10.7. The van der Waals surface area contributed by atoms with Crippen LogP contribution in [-0.2, 0) is 6.42 Å². The Morgan fingerprint density at radius 3 is 3.00 bits per heavy atom. The van der Waals surface area contributed by atoms with Gasteiger partial charge in [0.15, 0.2) is 5.78 Å². The molecule has 0 saturated carbocycles. The van der Waals surface area contributed by atoms with Gasteiger partial charge in [-0.05, 0) is 30.2 Å². The molecule has 1 aliphatic carbocycles. The van der Waals surface area contributed by atoms with Crippen LogP contribution in [0.2, 0.25) is 0 Å². The number of carbonyl (C=O) groups is 1.